The number of nitrogens with zero attached hydrogens (tertiary/aromatic N) is 3. The fourth-order valence-electron chi connectivity index (χ4n) is 8.16. The first kappa shape index (κ1) is 30.9. The highest BCUT2D eigenvalue weighted by Crippen LogP contribution is 2.38. The molecule has 1 aliphatic heterocycles. The van der Waals surface area contributed by atoms with E-state index in [1.165, 1.54) is 20.7 Å². The van der Waals surface area contributed by atoms with Gasteiger partial charge in [-0.1, -0.05) is 115 Å². The van der Waals surface area contributed by atoms with Crippen molar-refractivity contribution in [2.24, 2.45) is 0 Å². The Morgan fingerprint density at radius 3 is 2.09 bits per heavy atom. The lowest BCUT2D eigenvalue weighted by Gasteiger charge is -2.39. The van der Waals surface area contributed by atoms with Crippen LogP contribution in [0.1, 0.15) is 0 Å². The maximum atomic E-state index is 6.92. The molecule has 0 N–H and O–H groups in total. The summed E-state index contributed by atoms with van der Waals surface area (Å²) in [4.78, 5) is 4.54. The number of hydrogen-bond acceptors (Lipinski definition) is 3. The topological polar surface area (TPSA) is 40.2 Å². The molecule has 6 heteroatoms. The summed E-state index contributed by atoms with van der Waals surface area (Å²) in [6, 6.07) is 61.6. The minimum absolute atomic E-state index is 0.725. The Kier molecular flexibility index (Phi) is 7.23. The highest BCUT2D eigenvalue weighted by molar-refractivity contribution is 7.21. The predicted molar refractivity (Wildman–Crippen MR) is 215 cm³/mol. The smallest absolute Gasteiger partial charge is 0.193 e. The molecule has 0 aliphatic carbocycles. The zero-order valence-corrected chi connectivity index (χ0v) is 29.8. The first-order valence-corrected chi connectivity index (χ1v) is 19.7. The fraction of sp³-hybridized carbons (Fsp3) is 0. The van der Waals surface area contributed by atoms with Crippen molar-refractivity contribution in [2.45, 2.75) is 0 Å². The van der Waals surface area contributed by atoms with Gasteiger partial charge >= 0.3 is 0 Å². The third-order valence-electron chi connectivity index (χ3n) is 10.3. The van der Waals surface area contributed by atoms with Gasteiger partial charge in [-0.05, 0) is 83.4 Å². The number of hydrogen-bond donors (Lipinski definition) is 0. The van der Waals surface area contributed by atoms with Crippen LogP contribution >= 0.6 is 0 Å². The first-order chi connectivity index (χ1) is 26.2. The van der Waals surface area contributed by atoms with Crippen LogP contribution in [-0.4, -0.2) is 17.6 Å². The van der Waals surface area contributed by atoms with E-state index in [2.05, 4.69) is 150 Å². The van der Waals surface area contributed by atoms with Crippen LogP contribution in [0.4, 0.5) is 0 Å². The van der Waals surface area contributed by atoms with Crippen molar-refractivity contribution in [1.82, 2.24) is 9.55 Å². The number of benzene rings is 6. The maximum absolute atomic E-state index is 6.92. The maximum Gasteiger partial charge on any atom is 0.193 e. The summed E-state index contributed by atoms with van der Waals surface area (Å²) in [5.74, 6) is 3.23. The Balaban J connectivity index is 1.26. The van der Waals surface area contributed by atoms with Crippen LogP contribution in [0.15, 0.2) is 188 Å². The average molecular weight is 700 g/mol. The van der Waals surface area contributed by atoms with Crippen molar-refractivity contribution in [3.05, 3.63) is 195 Å². The van der Waals surface area contributed by atoms with Crippen LogP contribution < -0.4 is 34.8 Å². The largest absolute Gasteiger partial charge is 0.457 e. The molecule has 0 radical (unpaired) electrons. The van der Waals surface area contributed by atoms with Gasteiger partial charge in [0.1, 0.15) is 34.2 Å². The summed E-state index contributed by atoms with van der Waals surface area (Å²) in [6.45, 7) is 0. The Hall–Kier alpha value is -6.89. The summed E-state index contributed by atoms with van der Waals surface area (Å²) in [5.41, 5.74) is 4.94. The average Bonchev–Trinajstić information content (AvgIpc) is 3.57. The summed E-state index contributed by atoms with van der Waals surface area (Å²) < 4.78 is 17.8. The van der Waals surface area contributed by atoms with E-state index < -0.39 is 8.07 Å². The van der Waals surface area contributed by atoms with Gasteiger partial charge in [0.25, 0.3) is 0 Å². The number of pyridine rings is 2. The second-order valence-corrected chi connectivity index (χ2v) is 17.0. The SMILES string of the molecule is [CH2-][n+]1cccc2c3ccc4c(c3n(-c3cccc(Oc5cccc(-c6ccccn6)c5)c3)c21)[Si](c1ccccc1)(c1ccccc1)c1ccccc1O4. The molecule has 0 bridgehead atoms. The first-order valence-electron chi connectivity index (χ1n) is 17.7. The van der Waals surface area contributed by atoms with Crippen LogP contribution in [0.3, 0.4) is 0 Å². The molecule has 53 heavy (non-hydrogen) atoms. The van der Waals surface area contributed by atoms with E-state index in [0.717, 1.165) is 61.9 Å². The third-order valence-corrected chi connectivity index (χ3v) is 15.2. The van der Waals surface area contributed by atoms with Crippen molar-refractivity contribution in [3.63, 3.8) is 0 Å². The summed E-state index contributed by atoms with van der Waals surface area (Å²) >= 11 is 0. The van der Waals surface area contributed by atoms with E-state index >= 15 is 0 Å². The molecule has 0 spiro atoms. The van der Waals surface area contributed by atoms with Crippen molar-refractivity contribution in [1.29, 1.82) is 0 Å². The van der Waals surface area contributed by atoms with E-state index in [0.29, 0.717) is 0 Å². The van der Waals surface area contributed by atoms with Crippen molar-refractivity contribution >= 4 is 50.8 Å². The molecule has 0 atom stereocenters. The molecular formula is C47H33N3O2Si. The molecular weight excluding hydrogens is 667 g/mol. The van der Waals surface area contributed by atoms with Crippen LogP contribution in [0.2, 0.25) is 0 Å². The molecule has 0 unspecified atom stereocenters. The molecule has 3 aromatic heterocycles. The van der Waals surface area contributed by atoms with Crippen molar-refractivity contribution in [3.8, 4) is 39.9 Å². The van der Waals surface area contributed by atoms with Gasteiger partial charge in [-0.15, -0.1) is 0 Å². The Morgan fingerprint density at radius 2 is 1.32 bits per heavy atom. The lowest BCUT2D eigenvalue weighted by Crippen LogP contribution is -2.76. The zero-order chi connectivity index (χ0) is 35.4. The van der Waals surface area contributed by atoms with E-state index in [4.69, 9.17) is 9.47 Å². The molecule has 0 fully saturated rings. The van der Waals surface area contributed by atoms with Gasteiger partial charge in [0.2, 0.25) is 0 Å². The van der Waals surface area contributed by atoms with Gasteiger partial charge < -0.3 is 14.0 Å². The van der Waals surface area contributed by atoms with Gasteiger partial charge in [0.15, 0.2) is 13.7 Å². The molecule has 0 saturated heterocycles. The number of aromatic nitrogens is 3. The number of para-hydroxylation sites is 1. The van der Waals surface area contributed by atoms with Crippen LogP contribution in [0.5, 0.6) is 23.0 Å². The van der Waals surface area contributed by atoms with Crippen molar-refractivity contribution < 1.29 is 14.0 Å². The quantitative estimate of drug-likeness (QED) is 0.100. The number of ether oxygens (including phenoxy) is 2. The van der Waals surface area contributed by atoms with Crippen LogP contribution in [0, 0.1) is 7.05 Å². The molecule has 5 nitrogen and oxygen atoms in total. The normalized spacial score (nSPS) is 12.9. The van der Waals surface area contributed by atoms with Crippen molar-refractivity contribution in [2.75, 3.05) is 0 Å². The molecule has 4 heterocycles. The second kappa shape index (κ2) is 12.4. The molecule has 1 aliphatic rings. The standard InChI is InChI=1S/C47H33N3O2Si/c1-49-30-14-23-40-39-27-28-43-46(53(37-19-4-2-5-20-37,38-21-6-3-7-22-38)44-26-9-8-25-42(44)52-43)45(39)50(47(40)49)34-16-13-18-36(32-34)51-35-17-12-15-33(31-35)41-24-10-11-29-48-41/h2-32H,1H2. The monoisotopic (exact) mass is 699 g/mol. The molecule has 6 aromatic carbocycles. The fourth-order valence-corrected chi connectivity index (χ4v) is 13.3. The highest BCUT2D eigenvalue weighted by Gasteiger charge is 2.50. The Morgan fingerprint density at radius 1 is 0.604 bits per heavy atom. The van der Waals surface area contributed by atoms with Gasteiger partial charge in [-0.3, -0.25) is 4.98 Å². The Labute approximate surface area is 308 Å². The van der Waals surface area contributed by atoms with Crippen LogP contribution in [0.25, 0.3) is 38.9 Å². The molecule has 252 valence electrons. The van der Waals surface area contributed by atoms with E-state index in [1.807, 2.05) is 59.4 Å². The van der Waals surface area contributed by atoms with Gasteiger partial charge in [-0.25, -0.2) is 4.57 Å². The molecule has 0 amide bonds. The summed E-state index contributed by atoms with van der Waals surface area (Å²) in [6.07, 6.45) is 3.82. The number of fused-ring (bicyclic) bond motifs is 6. The van der Waals surface area contributed by atoms with Crippen LogP contribution in [-0.2, 0) is 0 Å². The van der Waals surface area contributed by atoms with Gasteiger partial charge in [0, 0.05) is 33.8 Å². The molecule has 9 aromatic rings. The summed E-state index contributed by atoms with van der Waals surface area (Å²) in [5, 5.41) is 7.26. The second-order valence-electron chi connectivity index (χ2n) is 13.3. The van der Waals surface area contributed by atoms with E-state index in [-0.39, 0.29) is 0 Å². The summed E-state index contributed by atoms with van der Waals surface area (Å²) in [7, 11) is 1.49. The van der Waals surface area contributed by atoms with Gasteiger partial charge in [-0.2, -0.15) is 0 Å². The Bertz CT molecular complexity index is 2760. The van der Waals surface area contributed by atoms with E-state index in [1.54, 1.807) is 0 Å². The van der Waals surface area contributed by atoms with Gasteiger partial charge in [0.05, 0.1) is 5.69 Å². The molecule has 0 saturated carbocycles. The van der Waals surface area contributed by atoms with E-state index in [9.17, 15) is 0 Å². The highest BCUT2D eigenvalue weighted by atomic mass is 28.3. The predicted octanol–water partition coefficient (Wildman–Crippen LogP) is 8.05. The molecule has 10 rings (SSSR count). The zero-order valence-electron chi connectivity index (χ0n) is 28.8. The minimum atomic E-state index is -3.01. The number of rotatable bonds is 6. The lowest BCUT2D eigenvalue weighted by molar-refractivity contribution is -0.586. The lowest BCUT2D eigenvalue weighted by atomic mass is 10.1. The third kappa shape index (κ3) is 4.88. The minimum Gasteiger partial charge on any atom is -0.457 e.